The number of esters is 2. The molecule has 3 rings (SSSR count). The molecule has 1 saturated carbocycles. The Bertz CT molecular complexity index is 799. The van der Waals surface area contributed by atoms with Crippen molar-refractivity contribution >= 4 is 17.8 Å². The summed E-state index contributed by atoms with van der Waals surface area (Å²) in [6.45, 7) is 6.03. The highest BCUT2D eigenvalue weighted by molar-refractivity contribution is 5.89. The molecule has 1 N–H and O–H groups in total. The number of fused-ring (bicyclic) bond motifs is 1. The molecule has 7 nitrogen and oxygen atoms in total. The van der Waals surface area contributed by atoms with Gasteiger partial charge in [0.05, 0.1) is 12.6 Å². The lowest BCUT2D eigenvalue weighted by Crippen LogP contribution is -2.55. The van der Waals surface area contributed by atoms with Crippen LogP contribution < -0.4 is 5.32 Å². The summed E-state index contributed by atoms with van der Waals surface area (Å²) in [5.74, 6) is -0.503. The number of likely N-dealkylation sites (tertiary alicyclic amines) is 1. The second-order valence-corrected chi connectivity index (χ2v) is 9.18. The van der Waals surface area contributed by atoms with Crippen LogP contribution in [0.5, 0.6) is 0 Å². The minimum atomic E-state index is -0.601. The number of hydrogen-bond donors (Lipinski definition) is 1. The minimum Gasteiger partial charge on any atom is -0.465 e. The van der Waals surface area contributed by atoms with E-state index in [0.29, 0.717) is 25.4 Å². The molecular weight excluding hydrogens is 420 g/mol. The molecule has 1 unspecified atom stereocenters. The highest BCUT2D eigenvalue weighted by atomic mass is 16.5. The van der Waals surface area contributed by atoms with Crippen LogP contribution in [0.2, 0.25) is 0 Å². The van der Waals surface area contributed by atoms with E-state index in [4.69, 9.17) is 9.47 Å². The zero-order chi connectivity index (χ0) is 23.8. The monoisotopic (exact) mass is 458 g/mol. The van der Waals surface area contributed by atoms with E-state index in [2.05, 4.69) is 5.32 Å². The van der Waals surface area contributed by atoms with Crippen molar-refractivity contribution in [3.8, 4) is 0 Å². The topological polar surface area (TPSA) is 84.9 Å². The third-order valence-electron chi connectivity index (χ3n) is 6.81. The Morgan fingerprint density at radius 3 is 2.52 bits per heavy atom. The Morgan fingerprint density at radius 1 is 1.09 bits per heavy atom. The van der Waals surface area contributed by atoms with E-state index in [1.165, 1.54) is 0 Å². The number of hydrogen-bond acceptors (Lipinski definition) is 6. The van der Waals surface area contributed by atoms with Crippen molar-refractivity contribution in [3.05, 3.63) is 35.9 Å². The van der Waals surface area contributed by atoms with Gasteiger partial charge in [0.2, 0.25) is 5.91 Å². The molecule has 1 aliphatic carbocycles. The molecule has 7 heteroatoms. The van der Waals surface area contributed by atoms with Gasteiger partial charge in [0, 0.05) is 6.04 Å². The number of amides is 1. The van der Waals surface area contributed by atoms with Gasteiger partial charge in [-0.1, -0.05) is 56.5 Å². The highest BCUT2D eigenvalue weighted by Crippen LogP contribution is 2.40. The van der Waals surface area contributed by atoms with Gasteiger partial charge in [0.15, 0.2) is 0 Å². The molecule has 0 radical (unpaired) electrons. The van der Waals surface area contributed by atoms with Gasteiger partial charge in [-0.3, -0.25) is 14.9 Å². The second-order valence-electron chi connectivity index (χ2n) is 9.18. The molecule has 2 fully saturated rings. The van der Waals surface area contributed by atoms with E-state index >= 15 is 0 Å². The molecule has 1 amide bonds. The first kappa shape index (κ1) is 25.2. The first-order valence-corrected chi connectivity index (χ1v) is 12.4. The van der Waals surface area contributed by atoms with Crippen molar-refractivity contribution in [1.82, 2.24) is 10.2 Å². The Labute approximate surface area is 197 Å². The van der Waals surface area contributed by atoms with Gasteiger partial charge < -0.3 is 14.4 Å². The Balaban J connectivity index is 1.72. The Morgan fingerprint density at radius 2 is 1.82 bits per heavy atom. The second kappa shape index (κ2) is 12.2. The first-order valence-electron chi connectivity index (χ1n) is 12.4. The van der Waals surface area contributed by atoms with Crippen molar-refractivity contribution in [2.24, 2.45) is 5.92 Å². The average Bonchev–Trinajstić information content (AvgIpc) is 3.22. The summed E-state index contributed by atoms with van der Waals surface area (Å²) >= 11 is 0. The maximum atomic E-state index is 13.6. The van der Waals surface area contributed by atoms with Gasteiger partial charge in [-0.15, -0.1) is 0 Å². The number of rotatable bonds is 10. The highest BCUT2D eigenvalue weighted by Gasteiger charge is 2.49. The summed E-state index contributed by atoms with van der Waals surface area (Å²) < 4.78 is 10.8. The SMILES string of the molecule is CCCC(N[C@@H](C)C(=O)N1[C@@H](C(=O)OCc2ccccc2)C[C@H]2CCCC[C@H]21)C(=O)OCC. The number of carbonyl (C=O) groups excluding carboxylic acids is 3. The van der Waals surface area contributed by atoms with Crippen LogP contribution in [0.1, 0.15) is 71.3 Å². The molecule has 1 saturated heterocycles. The quantitative estimate of drug-likeness (QED) is 0.539. The van der Waals surface area contributed by atoms with Crippen molar-refractivity contribution < 1.29 is 23.9 Å². The van der Waals surface area contributed by atoms with Gasteiger partial charge >= 0.3 is 11.9 Å². The lowest BCUT2D eigenvalue weighted by molar-refractivity contribution is -0.157. The van der Waals surface area contributed by atoms with Crippen LogP contribution in [0.25, 0.3) is 0 Å². The van der Waals surface area contributed by atoms with Crippen LogP contribution in [0, 0.1) is 5.92 Å². The molecule has 1 aromatic carbocycles. The zero-order valence-electron chi connectivity index (χ0n) is 20.1. The normalized spacial score (nSPS) is 24.0. The lowest BCUT2D eigenvalue weighted by Gasteiger charge is -2.35. The fourth-order valence-electron chi connectivity index (χ4n) is 5.21. The molecule has 1 aliphatic heterocycles. The molecule has 0 spiro atoms. The van der Waals surface area contributed by atoms with Crippen LogP contribution in [-0.2, 0) is 30.5 Å². The largest absolute Gasteiger partial charge is 0.465 e. The number of nitrogens with one attached hydrogen (secondary N) is 1. The Hall–Kier alpha value is -2.41. The van der Waals surface area contributed by atoms with Gasteiger partial charge in [-0.05, 0) is 51.0 Å². The number of nitrogens with zero attached hydrogens (tertiary/aromatic N) is 1. The maximum absolute atomic E-state index is 13.6. The van der Waals surface area contributed by atoms with Gasteiger partial charge in [0.25, 0.3) is 0 Å². The average molecular weight is 459 g/mol. The molecule has 1 heterocycles. The van der Waals surface area contributed by atoms with Crippen LogP contribution in [0.15, 0.2) is 30.3 Å². The van der Waals surface area contributed by atoms with Crippen molar-refractivity contribution in [1.29, 1.82) is 0 Å². The standard InChI is InChI=1S/C26H38N2O5/c1-4-11-21(25(30)32-5-2)27-18(3)24(29)28-22-15-10-9-14-20(22)16-23(28)26(31)33-17-19-12-7-6-8-13-19/h6-8,12-13,18,20-23,27H,4-5,9-11,14-17H2,1-3H3/t18-,20+,21?,22+,23+/m0/s1. The van der Waals surface area contributed by atoms with Crippen LogP contribution >= 0.6 is 0 Å². The summed E-state index contributed by atoms with van der Waals surface area (Å²) in [7, 11) is 0. The molecule has 182 valence electrons. The van der Waals surface area contributed by atoms with Crippen molar-refractivity contribution in [2.45, 2.75) is 96.5 Å². The van der Waals surface area contributed by atoms with Crippen LogP contribution in [0.3, 0.4) is 0 Å². The fourth-order valence-corrected chi connectivity index (χ4v) is 5.21. The maximum Gasteiger partial charge on any atom is 0.329 e. The van der Waals surface area contributed by atoms with Crippen LogP contribution in [-0.4, -0.2) is 53.5 Å². The molecule has 0 aromatic heterocycles. The number of carbonyl (C=O) groups is 3. The van der Waals surface area contributed by atoms with E-state index in [1.807, 2.05) is 37.3 Å². The summed E-state index contributed by atoms with van der Waals surface area (Å²) in [6.07, 6.45) is 6.14. The van der Waals surface area contributed by atoms with E-state index in [1.54, 1.807) is 18.7 Å². The van der Waals surface area contributed by atoms with E-state index in [9.17, 15) is 14.4 Å². The predicted octanol–water partition coefficient (Wildman–Crippen LogP) is 3.60. The smallest absolute Gasteiger partial charge is 0.329 e. The van der Waals surface area contributed by atoms with Crippen LogP contribution in [0.4, 0.5) is 0 Å². The predicted molar refractivity (Wildman–Crippen MR) is 125 cm³/mol. The van der Waals surface area contributed by atoms with Crippen molar-refractivity contribution in [3.63, 3.8) is 0 Å². The molecular formula is C26H38N2O5. The Kier molecular flexibility index (Phi) is 9.30. The summed E-state index contributed by atoms with van der Waals surface area (Å²) in [5, 5.41) is 3.17. The third-order valence-corrected chi connectivity index (χ3v) is 6.81. The summed E-state index contributed by atoms with van der Waals surface area (Å²) in [6, 6.07) is 7.91. The van der Waals surface area contributed by atoms with Gasteiger partial charge in [-0.25, -0.2) is 4.79 Å². The minimum absolute atomic E-state index is 0.0528. The zero-order valence-corrected chi connectivity index (χ0v) is 20.1. The molecule has 33 heavy (non-hydrogen) atoms. The first-order chi connectivity index (χ1) is 16.0. The van der Waals surface area contributed by atoms with E-state index in [0.717, 1.165) is 37.7 Å². The molecule has 5 atom stereocenters. The van der Waals surface area contributed by atoms with Gasteiger partial charge in [0.1, 0.15) is 18.7 Å². The third kappa shape index (κ3) is 6.34. The molecule has 0 bridgehead atoms. The van der Waals surface area contributed by atoms with E-state index in [-0.39, 0.29) is 30.5 Å². The van der Waals surface area contributed by atoms with Crippen molar-refractivity contribution in [2.75, 3.05) is 6.61 Å². The lowest BCUT2D eigenvalue weighted by atomic mass is 9.84. The number of benzene rings is 1. The van der Waals surface area contributed by atoms with E-state index < -0.39 is 18.1 Å². The fraction of sp³-hybridized carbons (Fsp3) is 0.654. The van der Waals surface area contributed by atoms with Gasteiger partial charge in [-0.2, -0.15) is 0 Å². The summed E-state index contributed by atoms with van der Waals surface area (Å²) in [4.78, 5) is 40.8. The molecule has 1 aromatic rings. The summed E-state index contributed by atoms with van der Waals surface area (Å²) in [5.41, 5.74) is 0.922. The number of ether oxygens (including phenoxy) is 2. The molecule has 2 aliphatic rings.